The monoisotopic (exact) mass is 683 g/mol. The molecule has 0 saturated carbocycles. The van der Waals surface area contributed by atoms with E-state index in [1.165, 1.54) is 0 Å². The predicted octanol–water partition coefficient (Wildman–Crippen LogP) is 4.51. The first-order chi connectivity index (χ1) is 22.3. The number of carbonyl (C=O) groups is 2. The zero-order valence-corrected chi connectivity index (χ0v) is 27.5. The topological polar surface area (TPSA) is 184 Å². The number of rotatable bonds is 12. The number of benzene rings is 3. The zero-order valence-electron chi connectivity index (χ0n) is 25.9. The van der Waals surface area contributed by atoms with E-state index < -0.39 is 26.0 Å². The van der Waals surface area contributed by atoms with Gasteiger partial charge < -0.3 is 14.6 Å². The average Bonchev–Trinajstić information content (AvgIpc) is 3.02. The molecule has 2 aromatic rings. The highest BCUT2D eigenvalue weighted by Gasteiger charge is 2.28. The lowest BCUT2D eigenvalue weighted by Gasteiger charge is -2.31. The second kappa shape index (κ2) is 14.3. The molecule has 1 amide bonds. The van der Waals surface area contributed by atoms with Gasteiger partial charge in [0.05, 0.1) is 16.9 Å². The fraction of sp³-hybridized carbons (Fsp3) is 0.364. The standard InChI is InChI=1S/C33H37N3O9S2/c1-22(37)23-12-16-36(17-13-23)33(38)27-7-3-2-6-26(27)32-28-10-8-24(34-14-4-18-46(39,40)41)20-30(28)45-31-21-25(9-11-29(31)32)35-15-5-19-47(42,43)44/h2-3,6-11,20-21,23,34H,4-5,12-19H2,1H3,(H,39,40,41)(H,42,43,44)/b35-25-. The van der Waals surface area contributed by atoms with Gasteiger partial charge in [0.1, 0.15) is 17.1 Å². The third-order valence-corrected chi connectivity index (χ3v) is 9.86. The van der Waals surface area contributed by atoms with Crippen LogP contribution in [0.25, 0.3) is 33.4 Å². The number of nitrogens with zero attached hydrogens (tertiary/aromatic N) is 2. The Kier molecular flexibility index (Phi) is 10.4. The quantitative estimate of drug-likeness (QED) is 0.109. The maximum Gasteiger partial charge on any atom is 0.264 e. The van der Waals surface area contributed by atoms with E-state index in [2.05, 4.69) is 10.3 Å². The molecule has 14 heteroatoms. The van der Waals surface area contributed by atoms with Crippen molar-refractivity contribution in [3.63, 3.8) is 0 Å². The van der Waals surface area contributed by atoms with E-state index in [0.717, 1.165) is 16.5 Å². The third-order valence-electron chi connectivity index (χ3n) is 8.25. The maximum atomic E-state index is 14.0. The van der Waals surface area contributed by atoms with Gasteiger partial charge in [-0.2, -0.15) is 16.8 Å². The molecule has 0 spiro atoms. The number of hydrogen-bond acceptors (Lipinski definition) is 9. The smallest absolute Gasteiger partial charge is 0.264 e. The largest absolute Gasteiger partial charge is 0.456 e. The molecule has 2 aliphatic heterocycles. The van der Waals surface area contributed by atoms with Crippen molar-refractivity contribution >= 4 is 48.6 Å². The fourth-order valence-corrected chi connectivity index (χ4v) is 6.87. The Bertz CT molecular complexity index is 2050. The van der Waals surface area contributed by atoms with Gasteiger partial charge in [-0.1, -0.05) is 18.2 Å². The van der Waals surface area contributed by atoms with Crippen molar-refractivity contribution in [3.8, 4) is 22.5 Å². The van der Waals surface area contributed by atoms with Gasteiger partial charge in [-0.25, -0.2) is 0 Å². The molecule has 2 aromatic carbocycles. The van der Waals surface area contributed by atoms with Crippen molar-refractivity contribution < 1.29 is 39.9 Å². The minimum absolute atomic E-state index is 0.0404. The van der Waals surface area contributed by atoms with Gasteiger partial charge in [0.25, 0.3) is 26.1 Å². The normalized spacial score (nSPS) is 15.0. The number of amides is 1. The van der Waals surface area contributed by atoms with Crippen molar-refractivity contribution in [3.05, 3.63) is 71.6 Å². The third kappa shape index (κ3) is 8.83. The minimum Gasteiger partial charge on any atom is -0.456 e. The van der Waals surface area contributed by atoms with Crippen LogP contribution in [-0.2, 0) is 25.0 Å². The van der Waals surface area contributed by atoms with Gasteiger partial charge in [-0.3, -0.25) is 23.7 Å². The molecule has 0 bridgehead atoms. The van der Waals surface area contributed by atoms with E-state index in [1.807, 2.05) is 36.4 Å². The molecule has 1 aliphatic carbocycles. The number of likely N-dealkylation sites (tertiary alicyclic amines) is 1. The first-order valence-electron chi connectivity index (χ1n) is 15.3. The van der Waals surface area contributed by atoms with Gasteiger partial charge in [-0.15, -0.1) is 0 Å². The summed E-state index contributed by atoms with van der Waals surface area (Å²) in [6.07, 6.45) is 1.58. The van der Waals surface area contributed by atoms with E-state index in [-0.39, 0.29) is 49.3 Å². The Hall–Kier alpha value is -4.11. The van der Waals surface area contributed by atoms with Crippen LogP contribution in [-0.4, -0.2) is 80.2 Å². The highest BCUT2D eigenvalue weighted by Crippen LogP contribution is 2.42. The first kappa shape index (κ1) is 34.2. The highest BCUT2D eigenvalue weighted by atomic mass is 32.2. The van der Waals surface area contributed by atoms with Crippen LogP contribution in [0.15, 0.2) is 70.1 Å². The van der Waals surface area contributed by atoms with Crippen LogP contribution in [0, 0.1) is 5.92 Å². The number of Topliss-reactive ketones (excluding diaryl/α,β-unsaturated/α-hetero) is 1. The molecule has 2 heterocycles. The molecule has 0 unspecified atom stereocenters. The van der Waals surface area contributed by atoms with Crippen molar-refractivity contribution in [1.29, 1.82) is 0 Å². The minimum atomic E-state index is -4.09. The summed E-state index contributed by atoms with van der Waals surface area (Å²) >= 11 is 0. The summed E-state index contributed by atoms with van der Waals surface area (Å²) in [7, 11) is -8.17. The number of piperidine rings is 1. The first-order valence-corrected chi connectivity index (χ1v) is 18.6. The SMILES string of the molecule is CC(=O)C1CCN(C(=O)c2ccccc2-c2c3cc/c(=N/CCCS(=O)(=O)O)cc-3oc3cc(NCCCS(=O)(=O)O)ccc23)CC1. The zero-order chi connectivity index (χ0) is 33.8. The van der Waals surface area contributed by atoms with Crippen molar-refractivity contribution in [2.45, 2.75) is 32.6 Å². The molecule has 47 heavy (non-hydrogen) atoms. The molecule has 3 N–H and O–H groups in total. The molecule has 1 saturated heterocycles. The molecule has 3 aliphatic rings. The van der Waals surface area contributed by atoms with Gasteiger partial charge in [-0.05, 0) is 68.5 Å². The summed E-state index contributed by atoms with van der Waals surface area (Å²) in [5, 5.41) is 4.42. The van der Waals surface area contributed by atoms with Crippen LogP contribution in [0.4, 0.5) is 5.69 Å². The van der Waals surface area contributed by atoms with E-state index in [4.69, 9.17) is 13.5 Å². The molecule has 250 valence electrons. The summed E-state index contributed by atoms with van der Waals surface area (Å²) in [5.74, 6) is -0.341. The Morgan fingerprint density at radius 1 is 0.915 bits per heavy atom. The van der Waals surface area contributed by atoms with E-state index >= 15 is 0 Å². The lowest BCUT2D eigenvalue weighted by atomic mass is 9.89. The number of anilines is 1. The number of hydrogen-bond donors (Lipinski definition) is 3. The Balaban J connectivity index is 1.57. The van der Waals surface area contributed by atoms with Crippen LogP contribution in [0.3, 0.4) is 0 Å². The number of ketones is 1. The Labute approximate surface area is 273 Å². The summed E-state index contributed by atoms with van der Waals surface area (Å²) in [4.78, 5) is 32.1. The van der Waals surface area contributed by atoms with Crippen LogP contribution in [0.5, 0.6) is 0 Å². The molecule has 0 aromatic heterocycles. The van der Waals surface area contributed by atoms with Crippen LogP contribution in [0.2, 0.25) is 0 Å². The van der Waals surface area contributed by atoms with Crippen LogP contribution in [0.1, 0.15) is 43.0 Å². The summed E-state index contributed by atoms with van der Waals surface area (Å²) in [6, 6.07) is 18.2. The molecule has 0 atom stereocenters. The van der Waals surface area contributed by atoms with Crippen molar-refractivity contribution in [2.24, 2.45) is 10.9 Å². The molecule has 5 rings (SSSR count). The van der Waals surface area contributed by atoms with Gasteiger partial charge in [0.2, 0.25) is 0 Å². The molecule has 0 radical (unpaired) electrons. The van der Waals surface area contributed by atoms with Gasteiger partial charge in [0, 0.05) is 72.0 Å². The summed E-state index contributed by atoms with van der Waals surface area (Å²) in [6.45, 7) is 3.01. The van der Waals surface area contributed by atoms with Gasteiger partial charge >= 0.3 is 0 Å². The van der Waals surface area contributed by atoms with E-state index in [9.17, 15) is 26.4 Å². The fourth-order valence-electron chi connectivity index (χ4n) is 5.87. The lowest BCUT2D eigenvalue weighted by molar-refractivity contribution is -0.121. The average molecular weight is 684 g/mol. The molecular weight excluding hydrogens is 647 g/mol. The van der Waals surface area contributed by atoms with Crippen molar-refractivity contribution in [2.75, 3.05) is 43.0 Å². The Morgan fingerprint density at radius 2 is 1.62 bits per heavy atom. The van der Waals surface area contributed by atoms with Crippen LogP contribution >= 0.6 is 0 Å². The second-order valence-electron chi connectivity index (χ2n) is 11.7. The Morgan fingerprint density at radius 3 is 2.32 bits per heavy atom. The van der Waals surface area contributed by atoms with E-state index in [1.54, 1.807) is 36.1 Å². The second-order valence-corrected chi connectivity index (χ2v) is 14.8. The van der Waals surface area contributed by atoms with Gasteiger partial charge in [0.15, 0.2) is 0 Å². The molecular formula is C33H37N3O9S2. The highest BCUT2D eigenvalue weighted by molar-refractivity contribution is 7.86. The number of nitrogens with one attached hydrogen (secondary N) is 1. The molecule has 12 nitrogen and oxygen atoms in total. The molecule has 1 fully saturated rings. The van der Waals surface area contributed by atoms with Crippen LogP contribution < -0.4 is 10.7 Å². The lowest BCUT2D eigenvalue weighted by Crippen LogP contribution is -2.40. The summed E-state index contributed by atoms with van der Waals surface area (Å²) < 4.78 is 68.9. The maximum absolute atomic E-state index is 14.0. The van der Waals surface area contributed by atoms with E-state index in [0.29, 0.717) is 59.4 Å². The number of fused-ring (bicyclic) bond motifs is 2. The van der Waals surface area contributed by atoms with Crippen molar-refractivity contribution in [1.82, 2.24) is 4.90 Å². The number of carbonyl (C=O) groups excluding carboxylic acids is 2. The summed E-state index contributed by atoms with van der Waals surface area (Å²) in [5.41, 5.74) is 3.84. The predicted molar refractivity (Wildman–Crippen MR) is 179 cm³/mol.